The monoisotopic (exact) mass is 864 g/mol. The van der Waals surface area contributed by atoms with Crippen LogP contribution in [0.15, 0.2) is 0 Å². The Kier molecular flexibility index (Phi) is 65.7. The molecule has 220 valence electrons. The van der Waals surface area contributed by atoms with Gasteiger partial charge in [0.25, 0.3) is 0 Å². The Labute approximate surface area is 317 Å². The van der Waals surface area contributed by atoms with E-state index in [2.05, 4.69) is 98.2 Å². The Hall–Kier alpha value is 4.63. The quantitative estimate of drug-likeness (QED) is 0.205. The van der Waals surface area contributed by atoms with E-state index in [1.165, 1.54) is 0 Å². The summed E-state index contributed by atoms with van der Waals surface area (Å²) in [5, 5.41) is 0. The first kappa shape index (κ1) is 72.7. The van der Waals surface area contributed by atoms with Gasteiger partial charge in [-0.15, -0.1) is 0 Å². The maximum Gasteiger partial charge on any atom is 0.360 e. The molecule has 0 spiro atoms. The zero-order valence-corrected chi connectivity index (χ0v) is 37.8. The molecule has 15 heteroatoms. The van der Waals surface area contributed by atoms with Crippen molar-refractivity contribution in [3.63, 3.8) is 0 Å². The predicted octanol–water partition coefficient (Wildman–Crippen LogP) is 9.56. The fourth-order valence-corrected chi connectivity index (χ4v) is 24.2. The molecule has 0 fully saturated rings. The molecule has 0 aliphatic heterocycles. The van der Waals surface area contributed by atoms with Crippen LogP contribution in [0.25, 0.3) is 0 Å². The summed E-state index contributed by atoms with van der Waals surface area (Å²) >= 11 is 0. The van der Waals surface area contributed by atoms with Gasteiger partial charge < -0.3 is 20.6 Å². The molecule has 0 amide bonds. The van der Waals surface area contributed by atoms with Crippen molar-refractivity contribution in [1.82, 2.24) is 0 Å². The Bertz CT molecular complexity index is 414. The van der Waals surface area contributed by atoms with Crippen LogP contribution in [-0.2, 0) is 119 Å². The first-order chi connectivity index (χ1) is 11.6. The normalized spacial score (nSPS) is 10.5. The van der Waals surface area contributed by atoms with E-state index in [0.717, 1.165) is 0 Å². The Morgan fingerprint density at radius 1 is 0.389 bits per heavy atom. The standard InChI is InChI=1S/C9H27O3Si4.C6H18O2Si3.6CH4.3Y/c1-13(10-14(2,3)4)11-16(8,9)12-15(5,6)7;1-9(2)7-11(5,6)8-10(3)4;;;;;;;;;/h1-9H3;1-6H3;6*1H4;;;. The maximum absolute atomic E-state index is 6.13. The van der Waals surface area contributed by atoms with Gasteiger partial charge in [0.15, 0.2) is 34.7 Å². The van der Waals surface area contributed by atoms with E-state index < -0.39 is 61.1 Å². The summed E-state index contributed by atoms with van der Waals surface area (Å²) in [4.78, 5) is 0. The molecule has 0 aliphatic rings. The van der Waals surface area contributed by atoms with Gasteiger partial charge in [-0.25, -0.2) is 0 Å². The molecule has 0 saturated heterocycles. The average molecular weight is 865 g/mol. The molecule has 0 aromatic heterocycles. The van der Waals surface area contributed by atoms with Crippen LogP contribution in [0.5, 0.6) is 0 Å². The van der Waals surface area contributed by atoms with Gasteiger partial charge in [0.05, 0.1) is 0 Å². The minimum atomic E-state index is -2.00. The second-order valence-electron chi connectivity index (χ2n) is 9.84. The van der Waals surface area contributed by atoms with Gasteiger partial charge in [0.2, 0.25) is 0 Å². The van der Waals surface area contributed by atoms with Gasteiger partial charge in [-0.1, -0.05) is 44.6 Å². The van der Waals surface area contributed by atoms with Crippen molar-refractivity contribution in [1.29, 1.82) is 0 Å². The van der Waals surface area contributed by atoms with Crippen molar-refractivity contribution >= 4 is 61.1 Å². The summed E-state index contributed by atoms with van der Waals surface area (Å²) in [6.07, 6.45) is 0. The van der Waals surface area contributed by atoms with Gasteiger partial charge in [0.1, 0.15) is 0 Å². The Morgan fingerprint density at radius 2 is 0.667 bits per heavy atom. The molecule has 0 bridgehead atoms. The predicted molar refractivity (Wildman–Crippen MR) is 174 cm³/mol. The summed E-state index contributed by atoms with van der Waals surface area (Å²) in [5.74, 6) is 0. The van der Waals surface area contributed by atoms with Crippen molar-refractivity contribution in [2.24, 2.45) is 0 Å². The summed E-state index contributed by atoms with van der Waals surface area (Å²) in [6, 6.07) is 0. The first-order valence-corrected chi connectivity index (χ1v) is 28.6. The van der Waals surface area contributed by atoms with Gasteiger partial charge in [-0.05, 0) is 98.2 Å². The molecule has 0 heterocycles. The fourth-order valence-electron chi connectivity index (χ4n) is 2.56. The van der Waals surface area contributed by atoms with Crippen LogP contribution in [-0.4, -0.2) is 61.1 Å². The molecule has 0 rings (SSSR count). The van der Waals surface area contributed by atoms with E-state index in [0.29, 0.717) is 0 Å². The number of rotatable bonds is 10. The zero-order valence-electron chi connectivity index (χ0n) is 22.3. The van der Waals surface area contributed by atoms with Crippen LogP contribution in [0.3, 0.4) is 0 Å². The van der Waals surface area contributed by atoms with Crippen LogP contribution in [0.4, 0.5) is 0 Å². The minimum absolute atomic E-state index is 0. The van der Waals surface area contributed by atoms with Gasteiger partial charge >= 0.3 is 26.4 Å². The second-order valence-corrected chi connectivity index (χ2v) is 32.6. The summed E-state index contributed by atoms with van der Waals surface area (Å²) < 4.78 is 29.7. The first-order valence-electron chi connectivity index (χ1n) is 9.54. The maximum atomic E-state index is 6.13. The van der Waals surface area contributed by atoms with Crippen molar-refractivity contribution in [3.8, 4) is 0 Å². The van der Waals surface area contributed by atoms with E-state index in [1.807, 2.05) is 0 Å². The second kappa shape index (κ2) is 32.5. The molecular weight excluding hydrogens is 796 g/mol. The third kappa shape index (κ3) is 58.3. The van der Waals surface area contributed by atoms with Crippen LogP contribution in [0.2, 0.25) is 98.2 Å². The molecule has 0 aliphatic carbocycles. The molecule has 36 heavy (non-hydrogen) atoms. The molecule has 5 nitrogen and oxygen atoms in total. The fraction of sp³-hybridized carbons (Fsp3) is 1.00. The van der Waals surface area contributed by atoms with Crippen molar-refractivity contribution in [3.05, 3.63) is 0 Å². The van der Waals surface area contributed by atoms with E-state index in [1.54, 1.807) is 0 Å². The van der Waals surface area contributed by atoms with E-state index >= 15 is 0 Å². The minimum Gasteiger partial charge on any atom is -0.437 e. The number of hydrogen-bond acceptors (Lipinski definition) is 5. The van der Waals surface area contributed by atoms with Gasteiger partial charge in [0, 0.05) is 98.1 Å². The van der Waals surface area contributed by atoms with E-state index in [9.17, 15) is 0 Å². The molecule has 0 atom stereocenters. The molecule has 0 aromatic rings. The van der Waals surface area contributed by atoms with Crippen LogP contribution >= 0.6 is 0 Å². The third-order valence-electron chi connectivity index (χ3n) is 2.29. The molecule has 0 N–H and O–H groups in total. The largest absolute Gasteiger partial charge is 0.437 e. The van der Waals surface area contributed by atoms with Gasteiger partial charge in [-0.2, -0.15) is 0 Å². The van der Waals surface area contributed by atoms with E-state index in [4.69, 9.17) is 20.6 Å². The van der Waals surface area contributed by atoms with Crippen molar-refractivity contribution < 1.29 is 119 Å². The Balaban J connectivity index is -0.0000000319. The van der Waals surface area contributed by atoms with Crippen molar-refractivity contribution in [2.75, 3.05) is 0 Å². The molecule has 0 unspecified atom stereocenters. The summed E-state index contributed by atoms with van der Waals surface area (Å²) in [5.41, 5.74) is 0. The molecule has 0 saturated carbocycles. The van der Waals surface area contributed by atoms with Crippen molar-refractivity contribution in [2.45, 2.75) is 143 Å². The summed E-state index contributed by atoms with van der Waals surface area (Å²) in [7, 11) is -9.05. The van der Waals surface area contributed by atoms with Crippen LogP contribution in [0.1, 0.15) is 44.6 Å². The van der Waals surface area contributed by atoms with Gasteiger partial charge in [-0.3, -0.25) is 0 Å². The van der Waals surface area contributed by atoms with Crippen LogP contribution in [0, 0.1) is 0 Å². The smallest absolute Gasteiger partial charge is 0.360 e. The topological polar surface area (TPSA) is 46.2 Å². The average Bonchev–Trinajstić information content (AvgIpc) is 2.15. The molecular formula is C21H69O5Si7Y3. The van der Waals surface area contributed by atoms with Crippen LogP contribution < -0.4 is 0 Å². The molecule has 0 aromatic carbocycles. The van der Waals surface area contributed by atoms with E-state index in [-0.39, 0.29) is 143 Å². The summed E-state index contributed by atoms with van der Waals surface area (Å²) in [6.45, 7) is 32.4. The Morgan fingerprint density at radius 3 is 0.861 bits per heavy atom. The SMILES string of the molecule is C.C.C.C.C.C.C[Si](C)O[Si](C)(C)O[Si](C)C.C[Si](O[Si](C)(C)C)O[Si](C)(C)O[Si](C)(C)C.[Y].[Y].[Y]. The number of hydrogen-bond donors (Lipinski definition) is 0. The third-order valence-corrected chi connectivity index (χ3v) is 20.6. The molecule has 6 radical (unpaired) electrons. The zero-order chi connectivity index (χ0) is 22.3.